The second-order valence-electron chi connectivity index (χ2n) is 9.12. The summed E-state index contributed by atoms with van der Waals surface area (Å²) in [4.78, 5) is 11.9. The number of carbonyl (C=O) groups is 1. The molecule has 0 N–H and O–H groups in total. The molecule has 0 spiro atoms. The number of carbonyl (C=O) groups excluding carboxylic acids is 1. The SMILES string of the molecule is C=C1CC[C@@]2(C)CC[C@@H]3[C@@H](CCC4CC(=O)CC[C@@]43C)[C@H]12. The van der Waals surface area contributed by atoms with Crippen LogP contribution in [0.25, 0.3) is 0 Å². The number of hydrogen-bond donors (Lipinski definition) is 0. The Labute approximate surface area is 129 Å². The van der Waals surface area contributed by atoms with Crippen LogP contribution in [0.3, 0.4) is 0 Å². The molecule has 4 fully saturated rings. The summed E-state index contributed by atoms with van der Waals surface area (Å²) in [5, 5.41) is 0. The van der Waals surface area contributed by atoms with Crippen molar-refractivity contribution in [2.24, 2.45) is 34.5 Å². The molecule has 0 bridgehead atoms. The molecule has 6 atom stereocenters. The number of Topliss-reactive ketones (excluding diaryl/α,β-unsaturated/α-hetero) is 1. The highest BCUT2D eigenvalue weighted by Crippen LogP contribution is 2.66. The largest absolute Gasteiger partial charge is 0.300 e. The highest BCUT2D eigenvalue weighted by molar-refractivity contribution is 5.79. The van der Waals surface area contributed by atoms with E-state index in [9.17, 15) is 4.79 Å². The van der Waals surface area contributed by atoms with E-state index in [-0.39, 0.29) is 0 Å². The van der Waals surface area contributed by atoms with Crippen molar-refractivity contribution in [2.45, 2.75) is 71.6 Å². The minimum Gasteiger partial charge on any atom is -0.300 e. The van der Waals surface area contributed by atoms with E-state index in [1.165, 1.54) is 38.5 Å². The summed E-state index contributed by atoms with van der Waals surface area (Å²) in [7, 11) is 0. The first-order chi connectivity index (χ1) is 9.94. The van der Waals surface area contributed by atoms with Gasteiger partial charge in [-0.05, 0) is 79.4 Å². The summed E-state index contributed by atoms with van der Waals surface area (Å²) >= 11 is 0. The van der Waals surface area contributed by atoms with Crippen molar-refractivity contribution in [3.8, 4) is 0 Å². The predicted molar refractivity (Wildman–Crippen MR) is 85.9 cm³/mol. The van der Waals surface area contributed by atoms with E-state index in [1.807, 2.05) is 0 Å². The van der Waals surface area contributed by atoms with E-state index >= 15 is 0 Å². The summed E-state index contributed by atoms with van der Waals surface area (Å²) in [6.07, 6.45) is 11.0. The van der Waals surface area contributed by atoms with Gasteiger partial charge in [-0.1, -0.05) is 26.0 Å². The van der Waals surface area contributed by atoms with Gasteiger partial charge in [0.2, 0.25) is 0 Å². The minimum absolute atomic E-state index is 0.445. The molecule has 1 heteroatoms. The Hall–Kier alpha value is -0.590. The average Bonchev–Trinajstić information content (AvgIpc) is 2.76. The molecule has 0 radical (unpaired) electrons. The fraction of sp³-hybridized carbons (Fsp3) is 0.850. The molecule has 4 rings (SSSR count). The van der Waals surface area contributed by atoms with Crippen LogP contribution in [-0.2, 0) is 4.79 Å². The zero-order chi connectivity index (χ0) is 14.8. The lowest BCUT2D eigenvalue weighted by Crippen LogP contribution is -2.52. The Morgan fingerprint density at radius 3 is 2.67 bits per heavy atom. The Morgan fingerprint density at radius 2 is 1.86 bits per heavy atom. The molecule has 4 aliphatic carbocycles. The van der Waals surface area contributed by atoms with Gasteiger partial charge in [-0.25, -0.2) is 0 Å². The molecule has 0 aliphatic heterocycles. The van der Waals surface area contributed by atoms with Crippen LogP contribution < -0.4 is 0 Å². The highest BCUT2D eigenvalue weighted by atomic mass is 16.1. The summed E-state index contributed by atoms with van der Waals surface area (Å²) in [6.45, 7) is 9.52. The first-order valence-corrected chi connectivity index (χ1v) is 9.13. The quantitative estimate of drug-likeness (QED) is 0.562. The van der Waals surface area contributed by atoms with E-state index in [0.717, 1.165) is 37.0 Å². The summed E-state index contributed by atoms with van der Waals surface area (Å²) < 4.78 is 0. The van der Waals surface area contributed by atoms with Crippen LogP contribution in [0.1, 0.15) is 71.6 Å². The van der Waals surface area contributed by atoms with Gasteiger partial charge in [0.25, 0.3) is 0 Å². The zero-order valence-corrected chi connectivity index (χ0v) is 13.8. The Kier molecular flexibility index (Phi) is 2.98. The van der Waals surface area contributed by atoms with Crippen LogP contribution in [0.4, 0.5) is 0 Å². The molecule has 0 aromatic rings. The van der Waals surface area contributed by atoms with Crippen molar-refractivity contribution in [1.29, 1.82) is 0 Å². The molecule has 4 aliphatic rings. The molecule has 116 valence electrons. The van der Waals surface area contributed by atoms with Crippen LogP contribution >= 0.6 is 0 Å². The van der Waals surface area contributed by atoms with E-state index in [0.29, 0.717) is 22.5 Å². The van der Waals surface area contributed by atoms with Gasteiger partial charge < -0.3 is 0 Å². The first-order valence-electron chi connectivity index (χ1n) is 9.13. The van der Waals surface area contributed by atoms with Crippen molar-refractivity contribution in [2.75, 3.05) is 0 Å². The number of allylic oxidation sites excluding steroid dienone is 1. The lowest BCUT2D eigenvalue weighted by molar-refractivity contribution is -0.136. The van der Waals surface area contributed by atoms with Gasteiger partial charge in [0.1, 0.15) is 5.78 Å². The molecule has 0 aromatic carbocycles. The van der Waals surface area contributed by atoms with Gasteiger partial charge >= 0.3 is 0 Å². The van der Waals surface area contributed by atoms with Gasteiger partial charge in [0, 0.05) is 12.8 Å². The molecule has 4 saturated carbocycles. The van der Waals surface area contributed by atoms with Gasteiger partial charge in [0.05, 0.1) is 0 Å². The van der Waals surface area contributed by atoms with Crippen molar-refractivity contribution in [3.63, 3.8) is 0 Å². The monoisotopic (exact) mass is 286 g/mol. The highest BCUT2D eigenvalue weighted by Gasteiger charge is 2.58. The van der Waals surface area contributed by atoms with Crippen molar-refractivity contribution < 1.29 is 4.79 Å². The minimum atomic E-state index is 0.445. The molecule has 1 nitrogen and oxygen atoms in total. The molecule has 0 heterocycles. The van der Waals surface area contributed by atoms with Crippen LogP contribution in [0, 0.1) is 34.5 Å². The van der Waals surface area contributed by atoms with Crippen LogP contribution in [0.5, 0.6) is 0 Å². The number of rotatable bonds is 0. The lowest BCUT2D eigenvalue weighted by atomic mass is 9.45. The summed E-state index contributed by atoms with van der Waals surface area (Å²) in [5.41, 5.74) is 2.55. The zero-order valence-electron chi connectivity index (χ0n) is 13.8. The van der Waals surface area contributed by atoms with Gasteiger partial charge in [-0.15, -0.1) is 0 Å². The standard InChI is InChI=1S/C20H30O/c1-13-6-9-19(2)10-8-17-16(18(13)19)5-4-14-12-15(21)7-11-20(14,17)3/h14,16-18H,1,4-12H2,2-3H3/t14?,16-,17-,18+,19+,20+/m1/s1. The second kappa shape index (κ2) is 4.46. The summed E-state index contributed by atoms with van der Waals surface area (Å²) in [6, 6.07) is 0. The predicted octanol–water partition coefficient (Wildman–Crippen LogP) is 5.15. The maximum Gasteiger partial charge on any atom is 0.133 e. The lowest BCUT2D eigenvalue weighted by Gasteiger charge is -2.59. The van der Waals surface area contributed by atoms with Crippen molar-refractivity contribution in [1.82, 2.24) is 0 Å². The van der Waals surface area contributed by atoms with Crippen molar-refractivity contribution in [3.05, 3.63) is 12.2 Å². The van der Waals surface area contributed by atoms with Gasteiger partial charge in [-0.3, -0.25) is 4.79 Å². The number of ketones is 1. The fourth-order valence-electron chi connectivity index (χ4n) is 7.00. The van der Waals surface area contributed by atoms with Crippen LogP contribution in [-0.4, -0.2) is 5.78 Å². The average molecular weight is 286 g/mol. The normalized spacial score (nSPS) is 53.0. The molecule has 0 aromatic heterocycles. The fourth-order valence-corrected chi connectivity index (χ4v) is 7.00. The topological polar surface area (TPSA) is 17.1 Å². The molecular weight excluding hydrogens is 256 g/mol. The molecular formula is C20H30O. The summed E-state index contributed by atoms with van der Waals surface area (Å²) in [5.74, 6) is 3.72. The molecule has 0 amide bonds. The van der Waals surface area contributed by atoms with E-state index < -0.39 is 0 Å². The van der Waals surface area contributed by atoms with Crippen molar-refractivity contribution >= 4 is 5.78 Å². The first kappa shape index (κ1) is 14.0. The van der Waals surface area contributed by atoms with Gasteiger partial charge in [-0.2, -0.15) is 0 Å². The Morgan fingerprint density at radius 1 is 1.05 bits per heavy atom. The maximum absolute atomic E-state index is 11.9. The third-order valence-electron chi connectivity index (χ3n) is 8.22. The second-order valence-corrected chi connectivity index (χ2v) is 9.12. The third kappa shape index (κ3) is 1.85. The van der Waals surface area contributed by atoms with Gasteiger partial charge in [0.15, 0.2) is 0 Å². The van der Waals surface area contributed by atoms with E-state index in [1.54, 1.807) is 5.57 Å². The molecule has 21 heavy (non-hydrogen) atoms. The maximum atomic E-state index is 11.9. The Balaban J connectivity index is 1.67. The smallest absolute Gasteiger partial charge is 0.133 e. The Bertz CT molecular complexity index is 492. The molecule has 1 unspecified atom stereocenters. The van der Waals surface area contributed by atoms with E-state index in [2.05, 4.69) is 20.4 Å². The number of fused-ring (bicyclic) bond motifs is 5. The molecule has 0 saturated heterocycles. The van der Waals surface area contributed by atoms with Crippen LogP contribution in [0.2, 0.25) is 0 Å². The number of hydrogen-bond acceptors (Lipinski definition) is 1. The third-order valence-corrected chi connectivity index (χ3v) is 8.22. The van der Waals surface area contributed by atoms with Crippen LogP contribution in [0.15, 0.2) is 12.2 Å². The van der Waals surface area contributed by atoms with E-state index in [4.69, 9.17) is 0 Å².